The fraction of sp³-hybridized carbons (Fsp3) is 0.167. The fourth-order valence-electron chi connectivity index (χ4n) is 1.58. The maximum Gasteiger partial charge on any atom is 0.164 e. The Hall–Kier alpha value is -1.10. The zero-order valence-electron chi connectivity index (χ0n) is 9.75. The zero-order valence-corrected chi connectivity index (χ0v) is 12.1. The Labute approximate surface area is 119 Å². The molecule has 0 spiro atoms. The van der Waals surface area contributed by atoms with Crippen molar-refractivity contribution >= 4 is 51.2 Å². The van der Waals surface area contributed by atoms with E-state index in [1.165, 1.54) is 18.5 Å². The highest BCUT2D eigenvalue weighted by Crippen LogP contribution is 2.32. The van der Waals surface area contributed by atoms with Crippen molar-refractivity contribution < 1.29 is 4.79 Å². The van der Waals surface area contributed by atoms with Crippen molar-refractivity contribution in [2.75, 3.05) is 5.32 Å². The van der Waals surface area contributed by atoms with Gasteiger partial charge in [0.2, 0.25) is 0 Å². The number of anilines is 2. The van der Waals surface area contributed by atoms with Crippen LogP contribution in [-0.2, 0) is 0 Å². The summed E-state index contributed by atoms with van der Waals surface area (Å²) in [6, 6.07) is 5.15. The quantitative estimate of drug-likeness (QED) is 0.835. The van der Waals surface area contributed by atoms with E-state index in [-0.39, 0.29) is 5.78 Å². The SMILES string of the molecule is CC(=O)c1c(C)nsc1Nc1ccc(Cl)cc1Cl. The number of nitrogens with one attached hydrogen (secondary N) is 1. The number of hydrogen-bond donors (Lipinski definition) is 1. The molecule has 0 atom stereocenters. The molecule has 1 heterocycles. The standard InChI is InChI=1S/C12H10Cl2N2OS/c1-6-11(7(2)17)12(18-16-6)15-10-4-3-8(13)5-9(10)14/h3-5,15H,1-2H3. The fourth-order valence-corrected chi connectivity index (χ4v) is 2.90. The van der Waals surface area contributed by atoms with Crippen LogP contribution >= 0.6 is 34.7 Å². The first kappa shape index (κ1) is 13.3. The highest BCUT2D eigenvalue weighted by Gasteiger charge is 2.15. The number of hydrogen-bond acceptors (Lipinski definition) is 4. The molecule has 2 aromatic rings. The van der Waals surface area contributed by atoms with E-state index in [0.29, 0.717) is 26.3 Å². The van der Waals surface area contributed by atoms with Crippen LogP contribution in [0.3, 0.4) is 0 Å². The molecule has 94 valence electrons. The molecule has 0 aliphatic carbocycles. The number of aromatic nitrogens is 1. The van der Waals surface area contributed by atoms with Gasteiger partial charge in [-0.05, 0) is 43.6 Å². The molecule has 18 heavy (non-hydrogen) atoms. The van der Waals surface area contributed by atoms with Gasteiger partial charge in [-0.2, -0.15) is 4.37 Å². The molecule has 1 aromatic carbocycles. The summed E-state index contributed by atoms with van der Waals surface area (Å²) in [5, 5.41) is 4.88. The van der Waals surface area contributed by atoms with Gasteiger partial charge in [-0.1, -0.05) is 23.2 Å². The van der Waals surface area contributed by atoms with Crippen LogP contribution in [0.4, 0.5) is 10.7 Å². The summed E-state index contributed by atoms with van der Waals surface area (Å²) in [6.45, 7) is 3.33. The summed E-state index contributed by atoms with van der Waals surface area (Å²) < 4.78 is 4.17. The van der Waals surface area contributed by atoms with E-state index >= 15 is 0 Å². The molecule has 1 aromatic heterocycles. The van der Waals surface area contributed by atoms with Gasteiger partial charge in [-0.15, -0.1) is 0 Å². The van der Waals surface area contributed by atoms with Crippen LogP contribution in [0.15, 0.2) is 18.2 Å². The van der Waals surface area contributed by atoms with Crippen molar-refractivity contribution in [1.82, 2.24) is 4.37 Å². The average Bonchev–Trinajstić information content (AvgIpc) is 2.64. The van der Waals surface area contributed by atoms with Crippen molar-refractivity contribution in [3.63, 3.8) is 0 Å². The second kappa shape index (κ2) is 5.26. The minimum Gasteiger partial charge on any atom is -0.344 e. The first-order valence-corrected chi connectivity index (χ1v) is 6.71. The number of ketones is 1. The Morgan fingerprint density at radius 2 is 2.11 bits per heavy atom. The molecule has 1 N–H and O–H groups in total. The summed E-state index contributed by atoms with van der Waals surface area (Å²) in [5.41, 5.74) is 2.03. The van der Waals surface area contributed by atoms with Gasteiger partial charge >= 0.3 is 0 Å². The average molecular weight is 301 g/mol. The second-order valence-electron chi connectivity index (χ2n) is 3.78. The Morgan fingerprint density at radius 1 is 1.39 bits per heavy atom. The molecule has 0 saturated carbocycles. The Bertz CT molecular complexity index is 610. The third kappa shape index (κ3) is 2.66. The molecule has 3 nitrogen and oxygen atoms in total. The normalized spacial score (nSPS) is 10.4. The highest BCUT2D eigenvalue weighted by molar-refractivity contribution is 7.10. The van der Waals surface area contributed by atoms with Crippen molar-refractivity contribution in [3.8, 4) is 0 Å². The molecule has 0 bridgehead atoms. The number of carbonyl (C=O) groups is 1. The number of carbonyl (C=O) groups excluding carboxylic acids is 1. The number of halogens is 2. The van der Waals surface area contributed by atoms with Gasteiger partial charge in [0.15, 0.2) is 5.78 Å². The van der Waals surface area contributed by atoms with E-state index < -0.39 is 0 Å². The van der Waals surface area contributed by atoms with E-state index in [4.69, 9.17) is 23.2 Å². The van der Waals surface area contributed by atoms with Gasteiger partial charge < -0.3 is 5.32 Å². The predicted octanol–water partition coefficient (Wildman–Crippen LogP) is 4.70. The van der Waals surface area contributed by atoms with Crippen LogP contribution in [0.1, 0.15) is 23.0 Å². The topological polar surface area (TPSA) is 42.0 Å². The lowest BCUT2D eigenvalue weighted by Gasteiger charge is -2.07. The molecule has 0 aliphatic rings. The van der Waals surface area contributed by atoms with E-state index in [0.717, 1.165) is 5.69 Å². The summed E-state index contributed by atoms with van der Waals surface area (Å²) in [6.07, 6.45) is 0. The Morgan fingerprint density at radius 3 is 2.72 bits per heavy atom. The van der Waals surface area contributed by atoms with Crippen molar-refractivity contribution in [3.05, 3.63) is 39.5 Å². The van der Waals surface area contributed by atoms with Crippen molar-refractivity contribution in [2.45, 2.75) is 13.8 Å². The molecule has 2 rings (SSSR count). The molecular formula is C12H10Cl2N2OS. The van der Waals surface area contributed by atoms with Crippen LogP contribution in [0.25, 0.3) is 0 Å². The van der Waals surface area contributed by atoms with Gasteiger partial charge in [-0.25, -0.2) is 0 Å². The van der Waals surface area contributed by atoms with Gasteiger partial charge in [0.1, 0.15) is 5.00 Å². The minimum absolute atomic E-state index is 0.0196. The van der Waals surface area contributed by atoms with E-state index in [2.05, 4.69) is 9.69 Å². The number of Topliss-reactive ketones (excluding diaryl/α,β-unsaturated/α-hetero) is 1. The van der Waals surface area contributed by atoms with E-state index in [1.807, 2.05) is 6.92 Å². The number of aryl methyl sites for hydroxylation is 1. The van der Waals surface area contributed by atoms with E-state index in [9.17, 15) is 4.79 Å². The molecule has 0 amide bonds. The van der Waals surface area contributed by atoms with Gasteiger partial charge in [-0.3, -0.25) is 4.79 Å². The number of nitrogens with zero attached hydrogens (tertiary/aromatic N) is 1. The van der Waals surface area contributed by atoms with Crippen LogP contribution in [0.2, 0.25) is 10.0 Å². The van der Waals surface area contributed by atoms with Crippen LogP contribution < -0.4 is 5.32 Å². The lowest BCUT2D eigenvalue weighted by molar-refractivity contribution is 0.101. The summed E-state index contributed by atoms with van der Waals surface area (Å²) >= 11 is 13.1. The monoisotopic (exact) mass is 300 g/mol. The molecule has 6 heteroatoms. The Kier molecular flexibility index (Phi) is 3.90. The number of benzene rings is 1. The molecule has 0 unspecified atom stereocenters. The molecule has 0 fully saturated rings. The Balaban J connectivity index is 2.37. The van der Waals surface area contributed by atoms with Gasteiger partial charge in [0.05, 0.1) is 22.0 Å². The number of rotatable bonds is 3. The molecular weight excluding hydrogens is 291 g/mol. The lowest BCUT2D eigenvalue weighted by Crippen LogP contribution is -1.98. The van der Waals surface area contributed by atoms with Crippen molar-refractivity contribution in [1.29, 1.82) is 0 Å². The van der Waals surface area contributed by atoms with Crippen molar-refractivity contribution in [2.24, 2.45) is 0 Å². The maximum atomic E-state index is 11.5. The molecule has 0 radical (unpaired) electrons. The van der Waals surface area contributed by atoms with Crippen LogP contribution in [0, 0.1) is 6.92 Å². The third-order valence-corrected chi connectivity index (χ3v) is 3.80. The second-order valence-corrected chi connectivity index (χ2v) is 5.39. The van der Waals surface area contributed by atoms with Crippen LogP contribution in [-0.4, -0.2) is 10.2 Å². The van der Waals surface area contributed by atoms with Gasteiger partial charge in [0, 0.05) is 5.02 Å². The summed E-state index contributed by atoms with van der Waals surface area (Å²) in [4.78, 5) is 11.5. The zero-order chi connectivity index (χ0) is 13.3. The van der Waals surface area contributed by atoms with E-state index in [1.54, 1.807) is 18.2 Å². The first-order chi connectivity index (χ1) is 8.49. The third-order valence-electron chi connectivity index (χ3n) is 2.39. The first-order valence-electron chi connectivity index (χ1n) is 5.18. The summed E-state index contributed by atoms with van der Waals surface area (Å²) in [7, 11) is 0. The molecule has 0 aliphatic heterocycles. The lowest BCUT2D eigenvalue weighted by atomic mass is 10.2. The largest absolute Gasteiger partial charge is 0.344 e. The van der Waals surface area contributed by atoms with Gasteiger partial charge in [0.25, 0.3) is 0 Å². The smallest absolute Gasteiger partial charge is 0.164 e. The van der Waals surface area contributed by atoms with Crippen LogP contribution in [0.5, 0.6) is 0 Å². The minimum atomic E-state index is -0.0196. The maximum absolute atomic E-state index is 11.5. The molecule has 0 saturated heterocycles. The summed E-state index contributed by atoms with van der Waals surface area (Å²) in [5.74, 6) is -0.0196. The predicted molar refractivity (Wildman–Crippen MR) is 76.6 cm³/mol. The highest BCUT2D eigenvalue weighted by atomic mass is 35.5.